The molecular weight excluding hydrogens is 146 g/mol. The van der Waals surface area contributed by atoms with E-state index in [-0.39, 0.29) is 0 Å². The molecule has 0 aromatic rings. The van der Waals surface area contributed by atoms with Crippen LogP contribution in [0, 0.1) is 0 Å². The maximum absolute atomic E-state index is 2.33. The van der Waals surface area contributed by atoms with Crippen molar-refractivity contribution in [1.29, 1.82) is 0 Å². The third-order valence-corrected chi connectivity index (χ3v) is 2.07. The van der Waals surface area contributed by atoms with E-state index in [4.69, 9.17) is 0 Å². The second-order valence-electron chi connectivity index (χ2n) is 3.37. The van der Waals surface area contributed by atoms with E-state index in [2.05, 4.69) is 57.9 Å². The van der Waals surface area contributed by atoms with Crippen LogP contribution in [0.1, 0.15) is 27.7 Å². The summed E-state index contributed by atoms with van der Waals surface area (Å²) in [6.07, 6.45) is 6.42. The molecule has 0 fully saturated rings. The Labute approximate surface area is 76.8 Å². The SMILES string of the molecule is C/C=C\C(=C/C)CN(C)C(C)C. The molecule has 0 spiro atoms. The van der Waals surface area contributed by atoms with Crippen LogP contribution >= 0.6 is 0 Å². The van der Waals surface area contributed by atoms with Crippen molar-refractivity contribution in [3.05, 3.63) is 23.8 Å². The molecule has 1 heteroatoms. The molecule has 0 unspecified atom stereocenters. The monoisotopic (exact) mass is 167 g/mol. The molecular formula is C11H21N. The van der Waals surface area contributed by atoms with Crippen molar-refractivity contribution in [2.45, 2.75) is 33.7 Å². The Bertz CT molecular complexity index is 166. The summed E-state index contributed by atoms with van der Waals surface area (Å²) in [5.41, 5.74) is 1.38. The van der Waals surface area contributed by atoms with E-state index in [1.165, 1.54) is 5.57 Å². The lowest BCUT2D eigenvalue weighted by atomic mass is 10.2. The standard InChI is InChI=1S/C11H21N/c1-6-8-11(7-2)9-12(5)10(3)4/h6-8,10H,9H2,1-5H3/b8-6-,11-7+. The lowest BCUT2D eigenvalue weighted by Crippen LogP contribution is -2.27. The van der Waals surface area contributed by atoms with Gasteiger partial charge in [0, 0.05) is 12.6 Å². The molecule has 0 rings (SSSR count). The predicted molar refractivity (Wildman–Crippen MR) is 56.3 cm³/mol. The van der Waals surface area contributed by atoms with E-state index in [0.717, 1.165) is 6.54 Å². The van der Waals surface area contributed by atoms with Crippen LogP contribution in [0.4, 0.5) is 0 Å². The topological polar surface area (TPSA) is 3.24 Å². The molecule has 0 saturated heterocycles. The highest BCUT2D eigenvalue weighted by Gasteiger charge is 2.02. The Morgan fingerprint density at radius 1 is 1.33 bits per heavy atom. The van der Waals surface area contributed by atoms with E-state index in [9.17, 15) is 0 Å². The first-order chi connectivity index (χ1) is 5.61. The minimum Gasteiger partial charge on any atom is -0.300 e. The van der Waals surface area contributed by atoms with Gasteiger partial charge in [-0.2, -0.15) is 0 Å². The lowest BCUT2D eigenvalue weighted by molar-refractivity contribution is 0.298. The number of likely N-dealkylation sites (N-methyl/N-ethyl adjacent to an activating group) is 1. The van der Waals surface area contributed by atoms with Crippen molar-refractivity contribution in [1.82, 2.24) is 4.90 Å². The first kappa shape index (κ1) is 11.4. The van der Waals surface area contributed by atoms with Gasteiger partial charge < -0.3 is 0 Å². The van der Waals surface area contributed by atoms with Gasteiger partial charge in [-0.3, -0.25) is 4.90 Å². The summed E-state index contributed by atoms with van der Waals surface area (Å²) in [4.78, 5) is 2.33. The zero-order valence-electron chi connectivity index (χ0n) is 8.96. The molecule has 1 nitrogen and oxygen atoms in total. The van der Waals surface area contributed by atoms with Crippen molar-refractivity contribution in [2.75, 3.05) is 13.6 Å². The maximum atomic E-state index is 2.33. The van der Waals surface area contributed by atoms with Gasteiger partial charge in [-0.1, -0.05) is 18.2 Å². The van der Waals surface area contributed by atoms with E-state index in [1.54, 1.807) is 0 Å². The predicted octanol–water partition coefficient (Wildman–Crippen LogP) is 2.85. The average Bonchev–Trinajstić information content (AvgIpc) is 2.03. The molecule has 0 aliphatic rings. The second-order valence-corrected chi connectivity index (χ2v) is 3.37. The first-order valence-electron chi connectivity index (χ1n) is 4.60. The fourth-order valence-electron chi connectivity index (χ4n) is 0.925. The number of rotatable bonds is 4. The van der Waals surface area contributed by atoms with Crippen molar-refractivity contribution in [3.8, 4) is 0 Å². The number of allylic oxidation sites excluding steroid dienone is 2. The highest BCUT2D eigenvalue weighted by atomic mass is 15.1. The summed E-state index contributed by atoms with van der Waals surface area (Å²) in [6, 6.07) is 0.616. The Morgan fingerprint density at radius 2 is 1.92 bits per heavy atom. The fourth-order valence-corrected chi connectivity index (χ4v) is 0.925. The second kappa shape index (κ2) is 6.01. The van der Waals surface area contributed by atoms with Crippen LogP contribution in [0.25, 0.3) is 0 Å². The molecule has 0 amide bonds. The van der Waals surface area contributed by atoms with E-state index < -0.39 is 0 Å². The molecule has 70 valence electrons. The number of hydrogen-bond acceptors (Lipinski definition) is 1. The molecule has 0 saturated carbocycles. The molecule has 0 aliphatic heterocycles. The van der Waals surface area contributed by atoms with Gasteiger partial charge >= 0.3 is 0 Å². The molecule has 0 atom stereocenters. The Kier molecular flexibility index (Phi) is 5.73. The smallest absolute Gasteiger partial charge is 0.0230 e. The van der Waals surface area contributed by atoms with E-state index >= 15 is 0 Å². The van der Waals surface area contributed by atoms with Gasteiger partial charge in [-0.15, -0.1) is 0 Å². The van der Waals surface area contributed by atoms with Crippen LogP contribution in [-0.2, 0) is 0 Å². The molecule has 0 aromatic heterocycles. The van der Waals surface area contributed by atoms with Gasteiger partial charge in [-0.25, -0.2) is 0 Å². The molecule has 0 N–H and O–H groups in total. The first-order valence-corrected chi connectivity index (χ1v) is 4.60. The highest BCUT2D eigenvalue weighted by molar-refractivity contribution is 5.18. The molecule has 0 bridgehead atoms. The van der Waals surface area contributed by atoms with Gasteiger partial charge in [0.25, 0.3) is 0 Å². The van der Waals surface area contributed by atoms with Crippen LogP contribution in [-0.4, -0.2) is 24.5 Å². The summed E-state index contributed by atoms with van der Waals surface area (Å²) in [5.74, 6) is 0. The normalized spacial score (nSPS) is 13.8. The van der Waals surface area contributed by atoms with Crippen LogP contribution in [0.5, 0.6) is 0 Å². The zero-order chi connectivity index (χ0) is 9.56. The average molecular weight is 167 g/mol. The minimum absolute atomic E-state index is 0.616. The van der Waals surface area contributed by atoms with Gasteiger partial charge in [0.15, 0.2) is 0 Å². The van der Waals surface area contributed by atoms with Gasteiger partial charge in [0.2, 0.25) is 0 Å². The molecule has 12 heavy (non-hydrogen) atoms. The maximum Gasteiger partial charge on any atom is 0.0230 e. The van der Waals surface area contributed by atoms with E-state index in [0.29, 0.717) is 6.04 Å². The van der Waals surface area contributed by atoms with Gasteiger partial charge in [-0.05, 0) is 40.3 Å². The van der Waals surface area contributed by atoms with Gasteiger partial charge in [0.05, 0.1) is 0 Å². The molecule has 0 aliphatic carbocycles. The van der Waals surface area contributed by atoms with Crippen LogP contribution < -0.4 is 0 Å². The van der Waals surface area contributed by atoms with Crippen LogP contribution in [0.3, 0.4) is 0 Å². The summed E-state index contributed by atoms with van der Waals surface area (Å²) < 4.78 is 0. The number of nitrogens with zero attached hydrogens (tertiary/aromatic N) is 1. The third kappa shape index (κ3) is 4.35. The lowest BCUT2D eigenvalue weighted by Gasteiger charge is -2.21. The largest absolute Gasteiger partial charge is 0.300 e. The van der Waals surface area contributed by atoms with Crippen molar-refractivity contribution >= 4 is 0 Å². The number of hydrogen-bond donors (Lipinski definition) is 0. The van der Waals surface area contributed by atoms with Crippen molar-refractivity contribution < 1.29 is 0 Å². The molecule has 0 heterocycles. The van der Waals surface area contributed by atoms with E-state index in [1.807, 2.05) is 0 Å². The third-order valence-electron chi connectivity index (χ3n) is 2.07. The summed E-state index contributed by atoms with van der Waals surface area (Å²) in [7, 11) is 2.15. The Hall–Kier alpha value is -0.560. The van der Waals surface area contributed by atoms with Crippen molar-refractivity contribution in [2.24, 2.45) is 0 Å². The summed E-state index contributed by atoms with van der Waals surface area (Å²) >= 11 is 0. The quantitative estimate of drug-likeness (QED) is 0.582. The molecule has 0 aromatic carbocycles. The fraction of sp³-hybridized carbons (Fsp3) is 0.636. The minimum atomic E-state index is 0.616. The van der Waals surface area contributed by atoms with Gasteiger partial charge in [0.1, 0.15) is 0 Å². The Balaban J connectivity index is 4.04. The van der Waals surface area contributed by atoms with Crippen molar-refractivity contribution in [3.63, 3.8) is 0 Å². The van der Waals surface area contributed by atoms with Crippen LogP contribution in [0.15, 0.2) is 23.8 Å². The summed E-state index contributed by atoms with van der Waals surface area (Å²) in [6.45, 7) is 9.60. The zero-order valence-corrected chi connectivity index (χ0v) is 8.96. The van der Waals surface area contributed by atoms with Crippen LogP contribution in [0.2, 0.25) is 0 Å². The molecule has 0 radical (unpaired) electrons. The highest BCUT2D eigenvalue weighted by Crippen LogP contribution is 2.02. The Morgan fingerprint density at radius 3 is 2.25 bits per heavy atom. The summed E-state index contributed by atoms with van der Waals surface area (Å²) in [5, 5.41) is 0.